The van der Waals surface area contributed by atoms with Gasteiger partial charge in [0.25, 0.3) is 6.33 Å². The first kappa shape index (κ1) is 16.4. The number of rotatable bonds is 4. The SMILES string of the molecule is CC(C)(C)c1ccc(-c2[nH]c3nccnc3c2CC[n+]2cnn[nH]2)cc1. The van der Waals surface area contributed by atoms with Gasteiger partial charge in [0.15, 0.2) is 10.9 Å². The predicted molar refractivity (Wildman–Crippen MR) is 98.3 cm³/mol. The van der Waals surface area contributed by atoms with E-state index in [4.69, 9.17) is 0 Å². The number of fused-ring (bicyclic) bond motifs is 1. The van der Waals surface area contributed by atoms with Gasteiger partial charge in [-0.05, 0) is 16.5 Å². The van der Waals surface area contributed by atoms with Crippen LogP contribution in [-0.2, 0) is 18.4 Å². The fraction of sp³-hybridized carbons (Fsp3) is 0.316. The Hall–Kier alpha value is -3.09. The lowest BCUT2D eigenvalue weighted by molar-refractivity contribution is -0.754. The highest BCUT2D eigenvalue weighted by atomic mass is 15.5. The standard InChI is InChI=1S/C19H21N7/c1-19(2,3)14-6-4-13(5-7-14)16-15(8-11-26-12-22-24-25-26)17-18(23-16)21-10-9-20-17/h4-7,9-10,12H,8,11H2,1-3H3,(H,20,21,23)/p+1. The van der Waals surface area contributed by atoms with Crippen LogP contribution in [0.3, 0.4) is 0 Å². The number of hydrogen-bond acceptors (Lipinski definition) is 4. The Morgan fingerprint density at radius 3 is 2.50 bits per heavy atom. The lowest BCUT2D eigenvalue weighted by atomic mass is 9.86. The monoisotopic (exact) mass is 348 g/mol. The summed E-state index contributed by atoms with van der Waals surface area (Å²) in [6.45, 7) is 7.41. The maximum absolute atomic E-state index is 4.54. The van der Waals surface area contributed by atoms with Gasteiger partial charge in [-0.25, -0.2) is 4.98 Å². The number of H-pyrrole nitrogens is 2. The average Bonchev–Trinajstić information content (AvgIpc) is 3.27. The molecule has 4 rings (SSSR count). The first-order valence-electron chi connectivity index (χ1n) is 8.70. The van der Waals surface area contributed by atoms with Crippen LogP contribution >= 0.6 is 0 Å². The molecule has 0 saturated carbocycles. The third kappa shape index (κ3) is 3.08. The molecule has 0 bridgehead atoms. The topological polar surface area (TPSA) is 87.0 Å². The molecule has 7 heteroatoms. The maximum Gasteiger partial charge on any atom is 0.288 e. The molecule has 0 amide bonds. The zero-order valence-electron chi connectivity index (χ0n) is 15.2. The zero-order chi connectivity index (χ0) is 18.1. The highest BCUT2D eigenvalue weighted by molar-refractivity contribution is 5.85. The molecule has 0 atom stereocenters. The molecule has 0 unspecified atom stereocenters. The van der Waals surface area contributed by atoms with Gasteiger partial charge in [-0.1, -0.05) is 50.3 Å². The second kappa shape index (κ2) is 6.33. The van der Waals surface area contributed by atoms with Gasteiger partial charge in [0.2, 0.25) is 0 Å². The van der Waals surface area contributed by atoms with Crippen molar-refractivity contribution in [2.45, 2.75) is 39.2 Å². The summed E-state index contributed by atoms with van der Waals surface area (Å²) in [4.78, 5) is 12.4. The number of hydrogen-bond donors (Lipinski definition) is 2. The van der Waals surface area contributed by atoms with E-state index in [2.05, 4.69) is 75.5 Å². The van der Waals surface area contributed by atoms with Crippen molar-refractivity contribution in [3.63, 3.8) is 0 Å². The summed E-state index contributed by atoms with van der Waals surface area (Å²) >= 11 is 0. The highest BCUT2D eigenvalue weighted by Gasteiger charge is 2.18. The molecule has 2 N–H and O–H groups in total. The van der Waals surface area contributed by atoms with Crippen molar-refractivity contribution in [1.29, 1.82) is 0 Å². The van der Waals surface area contributed by atoms with Crippen LogP contribution in [0.5, 0.6) is 0 Å². The highest BCUT2D eigenvalue weighted by Crippen LogP contribution is 2.31. The minimum Gasteiger partial charge on any atom is -0.338 e. The Balaban J connectivity index is 1.75. The van der Waals surface area contributed by atoms with E-state index >= 15 is 0 Å². The Kier molecular flexibility index (Phi) is 3.99. The van der Waals surface area contributed by atoms with Crippen LogP contribution in [0.15, 0.2) is 43.0 Å². The van der Waals surface area contributed by atoms with E-state index in [9.17, 15) is 0 Å². The van der Waals surface area contributed by atoms with Crippen molar-refractivity contribution in [2.24, 2.45) is 0 Å². The first-order valence-corrected chi connectivity index (χ1v) is 8.70. The molecular formula is C19H22N7+. The molecule has 4 aromatic rings. The number of nitrogens with one attached hydrogen (secondary N) is 2. The Bertz CT molecular complexity index is 1010. The smallest absolute Gasteiger partial charge is 0.288 e. The van der Waals surface area contributed by atoms with Gasteiger partial charge < -0.3 is 4.98 Å². The minimum atomic E-state index is 0.134. The van der Waals surface area contributed by atoms with Crippen LogP contribution < -0.4 is 4.68 Å². The Labute approximate surface area is 151 Å². The quantitative estimate of drug-likeness (QED) is 0.555. The number of tetrazole rings is 1. The summed E-state index contributed by atoms with van der Waals surface area (Å²) in [6.07, 6.45) is 5.92. The fourth-order valence-corrected chi connectivity index (χ4v) is 3.13. The van der Waals surface area contributed by atoms with Gasteiger partial charge in [0.1, 0.15) is 10.6 Å². The molecule has 132 valence electrons. The number of aryl methyl sites for hydroxylation is 2. The Morgan fingerprint density at radius 1 is 1.04 bits per heavy atom. The van der Waals surface area contributed by atoms with E-state index in [1.807, 2.05) is 4.68 Å². The summed E-state index contributed by atoms with van der Waals surface area (Å²) < 4.78 is 1.85. The Morgan fingerprint density at radius 2 is 1.81 bits per heavy atom. The summed E-state index contributed by atoms with van der Waals surface area (Å²) in [7, 11) is 0. The van der Waals surface area contributed by atoms with Crippen molar-refractivity contribution in [3.8, 4) is 11.3 Å². The zero-order valence-corrected chi connectivity index (χ0v) is 15.2. The molecule has 0 spiro atoms. The summed E-state index contributed by atoms with van der Waals surface area (Å²) in [5.41, 5.74) is 6.53. The van der Waals surface area contributed by atoms with Gasteiger partial charge >= 0.3 is 0 Å². The molecule has 0 aliphatic rings. The third-order valence-electron chi connectivity index (χ3n) is 4.59. The first-order chi connectivity index (χ1) is 12.5. The molecule has 3 aromatic heterocycles. The van der Waals surface area contributed by atoms with E-state index in [1.165, 1.54) is 5.56 Å². The molecule has 7 nitrogen and oxygen atoms in total. The van der Waals surface area contributed by atoms with Crippen molar-refractivity contribution < 1.29 is 4.68 Å². The van der Waals surface area contributed by atoms with E-state index < -0.39 is 0 Å². The summed E-state index contributed by atoms with van der Waals surface area (Å²) in [5, 5.41) is 10.4. The molecular weight excluding hydrogens is 326 g/mol. The van der Waals surface area contributed by atoms with Gasteiger partial charge in [0, 0.05) is 24.4 Å². The van der Waals surface area contributed by atoms with E-state index in [0.717, 1.165) is 41.0 Å². The number of aromatic amines is 2. The van der Waals surface area contributed by atoms with Gasteiger partial charge in [-0.15, -0.1) is 0 Å². The molecule has 0 fully saturated rings. The second-order valence-electron chi connectivity index (χ2n) is 7.43. The van der Waals surface area contributed by atoms with E-state index in [1.54, 1.807) is 18.7 Å². The van der Waals surface area contributed by atoms with Crippen LogP contribution in [0.1, 0.15) is 31.9 Å². The average molecular weight is 348 g/mol. The number of nitrogens with zero attached hydrogens (tertiary/aromatic N) is 5. The minimum absolute atomic E-state index is 0.134. The number of benzene rings is 1. The van der Waals surface area contributed by atoms with Crippen LogP contribution in [0, 0.1) is 0 Å². The molecule has 1 aromatic carbocycles. The molecule has 0 saturated heterocycles. The van der Waals surface area contributed by atoms with Crippen molar-refractivity contribution in [2.75, 3.05) is 0 Å². The van der Waals surface area contributed by atoms with Crippen LogP contribution in [0.2, 0.25) is 0 Å². The molecule has 3 heterocycles. The van der Waals surface area contributed by atoms with E-state index in [-0.39, 0.29) is 5.41 Å². The van der Waals surface area contributed by atoms with Gasteiger partial charge in [0.05, 0.1) is 12.2 Å². The number of aromatic nitrogens is 7. The van der Waals surface area contributed by atoms with Crippen molar-refractivity contribution in [3.05, 3.63) is 54.1 Å². The maximum atomic E-state index is 4.54. The second-order valence-corrected chi connectivity index (χ2v) is 7.43. The van der Waals surface area contributed by atoms with Crippen LogP contribution in [0.25, 0.3) is 22.4 Å². The van der Waals surface area contributed by atoms with Crippen molar-refractivity contribution >= 4 is 11.2 Å². The lowest BCUT2D eigenvalue weighted by Crippen LogP contribution is -2.36. The molecule has 26 heavy (non-hydrogen) atoms. The lowest BCUT2D eigenvalue weighted by Gasteiger charge is -2.19. The fourth-order valence-electron chi connectivity index (χ4n) is 3.13. The predicted octanol–water partition coefficient (Wildman–Crippen LogP) is 2.57. The van der Waals surface area contributed by atoms with Crippen LogP contribution in [-0.4, -0.2) is 30.5 Å². The molecule has 0 radical (unpaired) electrons. The molecule has 0 aliphatic heterocycles. The summed E-state index contributed by atoms with van der Waals surface area (Å²) in [5.74, 6) is 0. The largest absolute Gasteiger partial charge is 0.338 e. The van der Waals surface area contributed by atoms with Crippen molar-refractivity contribution in [1.82, 2.24) is 30.5 Å². The van der Waals surface area contributed by atoms with Gasteiger partial charge in [-0.3, -0.25) is 4.98 Å². The molecule has 0 aliphatic carbocycles. The summed E-state index contributed by atoms with van der Waals surface area (Å²) in [6, 6.07) is 8.72. The van der Waals surface area contributed by atoms with Gasteiger partial charge in [-0.2, -0.15) is 4.68 Å². The van der Waals surface area contributed by atoms with Crippen LogP contribution in [0.4, 0.5) is 0 Å². The van der Waals surface area contributed by atoms with E-state index in [0.29, 0.717) is 0 Å². The third-order valence-corrected chi connectivity index (χ3v) is 4.59. The normalized spacial score (nSPS) is 12.0.